The minimum atomic E-state index is 0.178. The first kappa shape index (κ1) is 12.9. The molecule has 1 saturated heterocycles. The van der Waals surface area contributed by atoms with Gasteiger partial charge >= 0.3 is 0 Å². The standard InChI is InChI=1S/C12H26N2O/c1-3-12(4-2)5-7-14(8-6-12)11(9-13)10-15/h11,15H,3-10,13H2,1-2H3. The Morgan fingerprint density at radius 2 is 1.80 bits per heavy atom. The van der Waals surface area contributed by atoms with Crippen molar-refractivity contribution in [3.05, 3.63) is 0 Å². The third kappa shape index (κ3) is 2.92. The van der Waals surface area contributed by atoms with Gasteiger partial charge in [-0.2, -0.15) is 0 Å². The van der Waals surface area contributed by atoms with E-state index in [2.05, 4.69) is 18.7 Å². The first-order valence-corrected chi connectivity index (χ1v) is 6.26. The molecule has 3 N–H and O–H groups in total. The van der Waals surface area contributed by atoms with Crippen LogP contribution in [0.4, 0.5) is 0 Å². The summed E-state index contributed by atoms with van der Waals surface area (Å²) in [7, 11) is 0. The molecule has 0 radical (unpaired) electrons. The minimum absolute atomic E-state index is 0.178. The van der Waals surface area contributed by atoms with Gasteiger partial charge in [0, 0.05) is 12.6 Å². The molecule has 1 fully saturated rings. The molecule has 0 spiro atoms. The molecule has 1 heterocycles. The number of hydrogen-bond acceptors (Lipinski definition) is 3. The summed E-state index contributed by atoms with van der Waals surface area (Å²) in [4.78, 5) is 2.35. The number of rotatable bonds is 5. The summed E-state index contributed by atoms with van der Waals surface area (Å²) in [6.45, 7) is 7.56. The second-order valence-electron chi connectivity index (χ2n) is 4.82. The number of nitrogens with zero attached hydrogens (tertiary/aromatic N) is 1. The van der Waals surface area contributed by atoms with E-state index in [-0.39, 0.29) is 12.6 Å². The molecule has 0 aromatic heterocycles. The Hall–Kier alpha value is -0.120. The van der Waals surface area contributed by atoms with E-state index in [1.807, 2.05) is 0 Å². The van der Waals surface area contributed by atoms with Crippen molar-refractivity contribution in [1.29, 1.82) is 0 Å². The van der Waals surface area contributed by atoms with Crippen molar-refractivity contribution in [2.45, 2.75) is 45.6 Å². The Kier molecular flexibility index (Phi) is 5.03. The topological polar surface area (TPSA) is 49.5 Å². The second kappa shape index (κ2) is 5.83. The van der Waals surface area contributed by atoms with Crippen LogP contribution in [0.15, 0.2) is 0 Å². The van der Waals surface area contributed by atoms with Crippen LogP contribution in [0, 0.1) is 5.41 Å². The Labute approximate surface area is 93.6 Å². The number of nitrogens with two attached hydrogens (primary N) is 1. The van der Waals surface area contributed by atoms with Gasteiger partial charge in [-0.1, -0.05) is 26.7 Å². The summed E-state index contributed by atoms with van der Waals surface area (Å²) in [5.74, 6) is 0. The maximum atomic E-state index is 9.20. The van der Waals surface area contributed by atoms with E-state index in [9.17, 15) is 5.11 Å². The minimum Gasteiger partial charge on any atom is -0.395 e. The molecule has 15 heavy (non-hydrogen) atoms. The van der Waals surface area contributed by atoms with Gasteiger partial charge < -0.3 is 10.8 Å². The number of aliphatic hydroxyl groups excluding tert-OH is 1. The summed E-state index contributed by atoms with van der Waals surface area (Å²) >= 11 is 0. The van der Waals surface area contributed by atoms with Crippen LogP contribution in [0.2, 0.25) is 0 Å². The molecule has 0 aromatic rings. The van der Waals surface area contributed by atoms with E-state index in [1.165, 1.54) is 25.7 Å². The molecule has 3 nitrogen and oxygen atoms in total. The average molecular weight is 214 g/mol. The molecule has 0 aliphatic carbocycles. The molecule has 1 aliphatic heterocycles. The predicted molar refractivity (Wildman–Crippen MR) is 63.8 cm³/mol. The molecule has 3 heteroatoms. The summed E-state index contributed by atoms with van der Waals surface area (Å²) in [6.07, 6.45) is 5.08. The van der Waals surface area contributed by atoms with Crippen molar-refractivity contribution in [1.82, 2.24) is 4.90 Å². The highest BCUT2D eigenvalue weighted by atomic mass is 16.3. The molecule has 0 aromatic carbocycles. The lowest BCUT2D eigenvalue weighted by Gasteiger charge is -2.43. The zero-order chi connectivity index (χ0) is 11.3. The largest absolute Gasteiger partial charge is 0.395 e. The first-order chi connectivity index (χ1) is 7.21. The molecule has 1 atom stereocenters. The van der Waals surface area contributed by atoms with Crippen molar-refractivity contribution >= 4 is 0 Å². The fourth-order valence-corrected chi connectivity index (χ4v) is 2.66. The monoisotopic (exact) mass is 214 g/mol. The zero-order valence-electron chi connectivity index (χ0n) is 10.2. The van der Waals surface area contributed by atoms with Gasteiger partial charge in [0.05, 0.1) is 6.61 Å². The van der Waals surface area contributed by atoms with Crippen molar-refractivity contribution in [2.24, 2.45) is 11.1 Å². The van der Waals surface area contributed by atoms with Gasteiger partial charge in [0.25, 0.3) is 0 Å². The Morgan fingerprint density at radius 3 is 2.13 bits per heavy atom. The summed E-state index contributed by atoms with van der Waals surface area (Å²) in [5, 5.41) is 9.20. The van der Waals surface area contributed by atoms with Crippen LogP contribution in [0.3, 0.4) is 0 Å². The van der Waals surface area contributed by atoms with Crippen molar-refractivity contribution in [3.63, 3.8) is 0 Å². The lowest BCUT2D eigenvalue weighted by molar-refractivity contribution is 0.0465. The van der Waals surface area contributed by atoms with Crippen molar-refractivity contribution in [2.75, 3.05) is 26.2 Å². The Balaban J connectivity index is 2.47. The van der Waals surface area contributed by atoms with Crippen LogP contribution >= 0.6 is 0 Å². The molecule has 0 saturated carbocycles. The van der Waals surface area contributed by atoms with E-state index in [0.29, 0.717) is 12.0 Å². The third-order valence-corrected chi connectivity index (χ3v) is 4.36. The maximum Gasteiger partial charge on any atom is 0.0599 e. The highest BCUT2D eigenvalue weighted by Crippen LogP contribution is 2.38. The molecular weight excluding hydrogens is 188 g/mol. The molecule has 0 bridgehead atoms. The molecular formula is C12H26N2O. The van der Waals surface area contributed by atoms with Crippen LogP contribution in [-0.4, -0.2) is 42.3 Å². The molecule has 1 aliphatic rings. The normalized spacial score (nSPS) is 24.0. The highest BCUT2D eigenvalue weighted by Gasteiger charge is 2.32. The van der Waals surface area contributed by atoms with E-state index in [4.69, 9.17) is 5.73 Å². The van der Waals surface area contributed by atoms with Crippen LogP contribution in [0.25, 0.3) is 0 Å². The quantitative estimate of drug-likeness (QED) is 0.723. The SMILES string of the molecule is CCC1(CC)CCN(C(CN)CO)CC1. The van der Waals surface area contributed by atoms with E-state index >= 15 is 0 Å². The highest BCUT2D eigenvalue weighted by molar-refractivity contribution is 4.86. The fourth-order valence-electron chi connectivity index (χ4n) is 2.66. The second-order valence-corrected chi connectivity index (χ2v) is 4.82. The number of likely N-dealkylation sites (tertiary alicyclic amines) is 1. The van der Waals surface area contributed by atoms with Gasteiger partial charge in [0.15, 0.2) is 0 Å². The Morgan fingerprint density at radius 1 is 1.27 bits per heavy atom. The maximum absolute atomic E-state index is 9.20. The average Bonchev–Trinajstić information content (AvgIpc) is 2.32. The van der Waals surface area contributed by atoms with Gasteiger partial charge in [0.2, 0.25) is 0 Å². The van der Waals surface area contributed by atoms with E-state index in [0.717, 1.165) is 13.1 Å². The Bertz CT molecular complexity index is 166. The van der Waals surface area contributed by atoms with E-state index in [1.54, 1.807) is 0 Å². The van der Waals surface area contributed by atoms with Crippen LogP contribution < -0.4 is 5.73 Å². The first-order valence-electron chi connectivity index (χ1n) is 6.26. The summed E-state index contributed by atoms with van der Waals surface area (Å²) in [5.41, 5.74) is 6.21. The lowest BCUT2D eigenvalue weighted by atomic mass is 9.74. The zero-order valence-corrected chi connectivity index (χ0v) is 10.2. The van der Waals surface area contributed by atoms with Crippen LogP contribution in [-0.2, 0) is 0 Å². The van der Waals surface area contributed by atoms with Crippen molar-refractivity contribution in [3.8, 4) is 0 Å². The third-order valence-electron chi connectivity index (χ3n) is 4.36. The molecule has 0 amide bonds. The van der Waals surface area contributed by atoms with Crippen LogP contribution in [0.1, 0.15) is 39.5 Å². The summed E-state index contributed by atoms with van der Waals surface area (Å²) < 4.78 is 0. The molecule has 1 unspecified atom stereocenters. The van der Waals surface area contributed by atoms with Crippen LogP contribution in [0.5, 0.6) is 0 Å². The number of piperidine rings is 1. The van der Waals surface area contributed by atoms with E-state index < -0.39 is 0 Å². The summed E-state index contributed by atoms with van der Waals surface area (Å²) in [6, 6.07) is 0.178. The predicted octanol–water partition coefficient (Wildman–Crippen LogP) is 1.21. The van der Waals surface area contributed by atoms with Gasteiger partial charge in [-0.05, 0) is 31.3 Å². The lowest BCUT2D eigenvalue weighted by Crippen LogP contribution is -2.49. The fraction of sp³-hybridized carbons (Fsp3) is 1.00. The van der Waals surface area contributed by atoms with Gasteiger partial charge in [-0.3, -0.25) is 4.90 Å². The number of aliphatic hydroxyl groups is 1. The smallest absolute Gasteiger partial charge is 0.0599 e. The molecule has 1 rings (SSSR count). The molecule has 90 valence electrons. The number of hydrogen-bond donors (Lipinski definition) is 2. The van der Waals surface area contributed by atoms with Gasteiger partial charge in [-0.15, -0.1) is 0 Å². The van der Waals surface area contributed by atoms with Gasteiger partial charge in [0.1, 0.15) is 0 Å². The van der Waals surface area contributed by atoms with Gasteiger partial charge in [-0.25, -0.2) is 0 Å². The van der Waals surface area contributed by atoms with Crippen molar-refractivity contribution < 1.29 is 5.11 Å².